The zero-order chi connectivity index (χ0) is 10.4. The molecule has 0 spiro atoms. The highest BCUT2D eigenvalue weighted by atomic mass is 32.2. The molecular formula is C11H10N2OS. The molecule has 1 aromatic heterocycles. The minimum Gasteiger partial charge on any atom is -0.432 e. The minimum absolute atomic E-state index is 0.715. The molecule has 0 saturated carbocycles. The van der Waals surface area contributed by atoms with Crippen LogP contribution in [-0.4, -0.2) is 12.0 Å². The Bertz CT molecular complexity index is 521. The fourth-order valence-electron chi connectivity index (χ4n) is 1.71. The number of para-hydroxylation sites is 1. The molecule has 1 aliphatic heterocycles. The van der Waals surface area contributed by atoms with Gasteiger partial charge in [-0.15, -0.1) is 0 Å². The number of hydrogen-bond acceptors (Lipinski definition) is 4. The maximum absolute atomic E-state index is 5.54. The summed E-state index contributed by atoms with van der Waals surface area (Å²) in [6.45, 7) is 1.87. The zero-order valence-electron chi connectivity index (χ0n) is 8.52. The Balaban J connectivity index is 2.19. The normalized spacial score (nSPS) is 13.6. The molecule has 76 valence electrons. The molecule has 0 bridgehead atoms. The Labute approximate surface area is 92.1 Å². The van der Waals surface area contributed by atoms with Gasteiger partial charge in [-0.1, -0.05) is 12.1 Å². The van der Waals surface area contributed by atoms with E-state index in [0.29, 0.717) is 5.89 Å². The summed E-state index contributed by atoms with van der Waals surface area (Å²) in [7, 11) is 2.01. The first-order valence-electron chi connectivity index (χ1n) is 4.74. The summed E-state index contributed by atoms with van der Waals surface area (Å²) < 4.78 is 5.54. The van der Waals surface area contributed by atoms with Crippen molar-refractivity contribution in [1.82, 2.24) is 4.98 Å². The fourth-order valence-corrected chi connectivity index (χ4v) is 2.80. The molecule has 3 nitrogen and oxygen atoms in total. The van der Waals surface area contributed by atoms with Crippen molar-refractivity contribution < 1.29 is 4.42 Å². The standard InChI is InChI=1S/C11H10N2OS/c1-7-12-10-11(14-7)15-9-6-4-3-5-8(9)13(10)2/h3-6H,1-2H3. The van der Waals surface area contributed by atoms with Gasteiger partial charge in [0.15, 0.2) is 11.7 Å². The Morgan fingerprint density at radius 2 is 2.13 bits per heavy atom. The number of fused-ring (bicyclic) bond motifs is 2. The zero-order valence-corrected chi connectivity index (χ0v) is 9.34. The van der Waals surface area contributed by atoms with Crippen LogP contribution in [0.15, 0.2) is 38.7 Å². The number of oxazole rings is 1. The summed E-state index contributed by atoms with van der Waals surface area (Å²) in [6, 6.07) is 8.26. The van der Waals surface area contributed by atoms with Crippen LogP contribution in [0, 0.1) is 6.92 Å². The van der Waals surface area contributed by atoms with Gasteiger partial charge in [0.1, 0.15) is 0 Å². The maximum Gasteiger partial charge on any atom is 0.210 e. The van der Waals surface area contributed by atoms with Gasteiger partial charge in [0.05, 0.1) is 5.69 Å². The van der Waals surface area contributed by atoms with Gasteiger partial charge in [0.25, 0.3) is 0 Å². The van der Waals surface area contributed by atoms with Gasteiger partial charge < -0.3 is 9.32 Å². The highest BCUT2D eigenvalue weighted by Crippen LogP contribution is 2.46. The van der Waals surface area contributed by atoms with E-state index < -0.39 is 0 Å². The third kappa shape index (κ3) is 1.25. The molecule has 3 rings (SSSR count). The van der Waals surface area contributed by atoms with Gasteiger partial charge >= 0.3 is 0 Å². The van der Waals surface area contributed by atoms with E-state index in [1.54, 1.807) is 11.8 Å². The van der Waals surface area contributed by atoms with Crippen LogP contribution in [0.3, 0.4) is 0 Å². The predicted molar refractivity (Wildman–Crippen MR) is 59.9 cm³/mol. The van der Waals surface area contributed by atoms with Gasteiger partial charge in [-0.2, -0.15) is 4.98 Å². The van der Waals surface area contributed by atoms with E-state index in [0.717, 1.165) is 10.9 Å². The number of aryl methyl sites for hydroxylation is 1. The molecule has 0 saturated heterocycles. The van der Waals surface area contributed by atoms with Gasteiger partial charge in [0, 0.05) is 18.9 Å². The van der Waals surface area contributed by atoms with Gasteiger partial charge in [-0.25, -0.2) is 0 Å². The van der Waals surface area contributed by atoms with E-state index in [9.17, 15) is 0 Å². The predicted octanol–water partition coefficient (Wildman–Crippen LogP) is 3.22. The fraction of sp³-hybridized carbons (Fsp3) is 0.182. The molecule has 0 amide bonds. The number of hydrogen-bond donors (Lipinski definition) is 0. The van der Waals surface area contributed by atoms with Crippen LogP contribution in [0.2, 0.25) is 0 Å². The number of anilines is 2. The lowest BCUT2D eigenvalue weighted by molar-refractivity contribution is 0.441. The molecular weight excluding hydrogens is 208 g/mol. The van der Waals surface area contributed by atoms with Gasteiger partial charge in [-0.3, -0.25) is 0 Å². The average molecular weight is 218 g/mol. The maximum atomic E-state index is 5.54. The lowest BCUT2D eigenvalue weighted by Gasteiger charge is -2.24. The number of nitrogens with zero attached hydrogens (tertiary/aromatic N) is 2. The first kappa shape index (κ1) is 8.85. The largest absolute Gasteiger partial charge is 0.432 e. The van der Waals surface area contributed by atoms with Crippen molar-refractivity contribution in [3.05, 3.63) is 30.2 Å². The summed E-state index contributed by atoms with van der Waals surface area (Å²) in [5.41, 5.74) is 1.18. The van der Waals surface area contributed by atoms with Crippen LogP contribution in [0.25, 0.3) is 0 Å². The number of benzene rings is 1. The van der Waals surface area contributed by atoms with E-state index >= 15 is 0 Å². The minimum atomic E-state index is 0.715. The van der Waals surface area contributed by atoms with Crippen molar-refractivity contribution in [3.63, 3.8) is 0 Å². The lowest BCUT2D eigenvalue weighted by Crippen LogP contribution is -2.14. The van der Waals surface area contributed by atoms with Crippen LogP contribution in [0.4, 0.5) is 11.5 Å². The summed E-state index contributed by atoms with van der Waals surface area (Å²) in [5.74, 6) is 1.63. The summed E-state index contributed by atoms with van der Waals surface area (Å²) >= 11 is 1.64. The van der Waals surface area contributed by atoms with Crippen molar-refractivity contribution in [2.45, 2.75) is 16.9 Å². The highest BCUT2D eigenvalue weighted by Gasteiger charge is 2.25. The number of aromatic nitrogens is 1. The van der Waals surface area contributed by atoms with Gasteiger partial charge in [0.2, 0.25) is 5.09 Å². The van der Waals surface area contributed by atoms with Crippen molar-refractivity contribution in [2.24, 2.45) is 0 Å². The highest BCUT2D eigenvalue weighted by molar-refractivity contribution is 7.99. The molecule has 1 aromatic carbocycles. The molecule has 0 radical (unpaired) electrons. The second-order valence-electron chi connectivity index (χ2n) is 3.47. The van der Waals surface area contributed by atoms with Crippen molar-refractivity contribution >= 4 is 23.3 Å². The third-order valence-electron chi connectivity index (χ3n) is 2.43. The van der Waals surface area contributed by atoms with E-state index in [-0.39, 0.29) is 0 Å². The monoisotopic (exact) mass is 218 g/mol. The Morgan fingerprint density at radius 3 is 3.00 bits per heavy atom. The first-order valence-corrected chi connectivity index (χ1v) is 5.55. The number of rotatable bonds is 0. The molecule has 0 unspecified atom stereocenters. The summed E-state index contributed by atoms with van der Waals surface area (Å²) in [5, 5.41) is 0.883. The first-order chi connectivity index (χ1) is 7.25. The molecule has 0 fully saturated rings. The average Bonchev–Trinajstić information content (AvgIpc) is 2.59. The molecule has 15 heavy (non-hydrogen) atoms. The van der Waals surface area contributed by atoms with E-state index in [4.69, 9.17) is 4.42 Å². The molecule has 0 N–H and O–H groups in total. The van der Waals surface area contributed by atoms with Gasteiger partial charge in [-0.05, 0) is 23.9 Å². The quantitative estimate of drug-likeness (QED) is 0.679. The van der Waals surface area contributed by atoms with E-state index in [1.807, 2.05) is 26.1 Å². The summed E-state index contributed by atoms with van der Waals surface area (Å²) in [4.78, 5) is 7.65. The smallest absolute Gasteiger partial charge is 0.210 e. The van der Waals surface area contributed by atoms with Crippen LogP contribution >= 0.6 is 11.8 Å². The van der Waals surface area contributed by atoms with Crippen molar-refractivity contribution in [2.75, 3.05) is 11.9 Å². The molecule has 2 aromatic rings. The Hall–Kier alpha value is -1.42. The summed E-state index contributed by atoms with van der Waals surface area (Å²) in [6.07, 6.45) is 0. The Morgan fingerprint density at radius 1 is 1.33 bits per heavy atom. The van der Waals surface area contributed by atoms with Crippen LogP contribution in [-0.2, 0) is 0 Å². The van der Waals surface area contributed by atoms with Crippen molar-refractivity contribution in [1.29, 1.82) is 0 Å². The second kappa shape index (κ2) is 3.03. The second-order valence-corrected chi connectivity index (χ2v) is 4.49. The lowest BCUT2D eigenvalue weighted by atomic mass is 10.3. The SMILES string of the molecule is Cc1nc2c(o1)Sc1ccccc1N2C. The molecule has 0 aliphatic carbocycles. The molecule has 0 atom stereocenters. The van der Waals surface area contributed by atoms with Crippen LogP contribution in [0.5, 0.6) is 0 Å². The van der Waals surface area contributed by atoms with Crippen molar-refractivity contribution in [3.8, 4) is 0 Å². The van der Waals surface area contributed by atoms with E-state index in [1.165, 1.54) is 10.6 Å². The van der Waals surface area contributed by atoms with Crippen LogP contribution < -0.4 is 4.90 Å². The van der Waals surface area contributed by atoms with E-state index in [2.05, 4.69) is 22.0 Å². The van der Waals surface area contributed by atoms with Crippen LogP contribution in [0.1, 0.15) is 5.89 Å². The Kier molecular flexibility index (Phi) is 1.79. The molecule has 4 heteroatoms. The third-order valence-corrected chi connectivity index (χ3v) is 3.45. The molecule has 1 aliphatic rings. The molecule has 2 heterocycles. The topological polar surface area (TPSA) is 29.3 Å².